The molecule has 0 spiro atoms. The van der Waals surface area contributed by atoms with Gasteiger partial charge < -0.3 is 9.84 Å². The van der Waals surface area contributed by atoms with E-state index < -0.39 is 18.1 Å². The number of carboxylic acids is 1. The van der Waals surface area contributed by atoms with E-state index in [1.165, 1.54) is 19.4 Å². The number of carboxylic acid groups (broad SMARTS) is 1. The van der Waals surface area contributed by atoms with Gasteiger partial charge in [-0.05, 0) is 37.7 Å². The third kappa shape index (κ3) is 4.46. The molecule has 1 aromatic rings. The zero-order valence-electron chi connectivity index (χ0n) is 12.6. The topological polar surface area (TPSA) is 59.4 Å². The van der Waals surface area contributed by atoms with Crippen LogP contribution < -0.4 is 4.74 Å². The fraction of sp³-hybridized carbons (Fsp3) is 0.500. The highest BCUT2D eigenvalue weighted by molar-refractivity contribution is 5.86. The van der Waals surface area contributed by atoms with Crippen LogP contribution in [0.3, 0.4) is 0 Å². The summed E-state index contributed by atoms with van der Waals surface area (Å²) in [4.78, 5) is 14.7. The van der Waals surface area contributed by atoms with Crippen molar-refractivity contribution in [2.45, 2.75) is 31.9 Å². The van der Waals surface area contributed by atoms with Gasteiger partial charge in [-0.15, -0.1) is 0 Å². The second kappa shape index (κ2) is 7.02. The Labute approximate surface area is 132 Å². The van der Waals surface area contributed by atoms with Gasteiger partial charge in [0.2, 0.25) is 0 Å². The number of ether oxygens (including phenoxy) is 1. The lowest BCUT2D eigenvalue weighted by Crippen LogP contribution is -2.27. The van der Waals surface area contributed by atoms with E-state index in [0.29, 0.717) is 24.2 Å². The smallest absolute Gasteiger partial charge is 0.391 e. The SMILES string of the molecule is COc1cnc(C(=O)O)cc1C=CC1CCC(C(F)(F)F)CC1. The number of pyridine rings is 1. The van der Waals surface area contributed by atoms with Crippen LogP contribution in [0.2, 0.25) is 0 Å². The Kier molecular flexibility index (Phi) is 5.28. The maximum Gasteiger partial charge on any atom is 0.391 e. The third-order valence-electron chi connectivity index (χ3n) is 4.12. The monoisotopic (exact) mass is 329 g/mol. The lowest BCUT2D eigenvalue weighted by molar-refractivity contribution is -0.183. The van der Waals surface area contributed by atoms with Crippen LogP contribution in [-0.2, 0) is 0 Å². The molecule has 2 rings (SSSR count). The molecule has 0 unspecified atom stereocenters. The van der Waals surface area contributed by atoms with Gasteiger partial charge in [0.1, 0.15) is 11.4 Å². The summed E-state index contributed by atoms with van der Waals surface area (Å²) in [5.41, 5.74) is 0.448. The number of methoxy groups -OCH3 is 1. The van der Waals surface area contributed by atoms with Crippen molar-refractivity contribution in [1.29, 1.82) is 0 Å². The fourth-order valence-electron chi connectivity index (χ4n) is 2.75. The molecule has 1 N–H and O–H groups in total. The predicted molar refractivity (Wildman–Crippen MR) is 78.3 cm³/mol. The summed E-state index contributed by atoms with van der Waals surface area (Å²) < 4.78 is 43.0. The number of alkyl halides is 3. The van der Waals surface area contributed by atoms with Gasteiger partial charge >= 0.3 is 12.1 Å². The van der Waals surface area contributed by atoms with Crippen LogP contribution in [0.25, 0.3) is 6.08 Å². The minimum Gasteiger partial charge on any atom is -0.495 e. The van der Waals surface area contributed by atoms with E-state index in [4.69, 9.17) is 9.84 Å². The van der Waals surface area contributed by atoms with Crippen molar-refractivity contribution in [1.82, 2.24) is 4.98 Å². The average Bonchev–Trinajstić information content (AvgIpc) is 2.52. The number of hydrogen-bond acceptors (Lipinski definition) is 3. The Bertz CT molecular complexity index is 591. The van der Waals surface area contributed by atoms with Gasteiger partial charge in [-0.25, -0.2) is 9.78 Å². The minimum atomic E-state index is -4.11. The van der Waals surface area contributed by atoms with Crippen molar-refractivity contribution in [2.24, 2.45) is 11.8 Å². The first-order chi connectivity index (χ1) is 10.8. The number of rotatable bonds is 4. The van der Waals surface area contributed by atoms with Crippen molar-refractivity contribution in [2.75, 3.05) is 7.11 Å². The second-order valence-electron chi connectivity index (χ2n) is 5.63. The molecule has 0 radical (unpaired) electrons. The number of halogens is 3. The second-order valence-corrected chi connectivity index (χ2v) is 5.63. The Morgan fingerprint density at radius 3 is 2.52 bits per heavy atom. The maximum atomic E-state index is 12.6. The Morgan fingerprint density at radius 1 is 1.35 bits per heavy atom. The zero-order chi connectivity index (χ0) is 17.0. The van der Waals surface area contributed by atoms with Gasteiger partial charge in [0.05, 0.1) is 19.2 Å². The summed E-state index contributed by atoms with van der Waals surface area (Å²) in [6.45, 7) is 0. The van der Waals surface area contributed by atoms with Crippen LogP contribution >= 0.6 is 0 Å². The van der Waals surface area contributed by atoms with Crippen LogP contribution in [0.1, 0.15) is 41.7 Å². The first-order valence-corrected chi connectivity index (χ1v) is 7.33. The van der Waals surface area contributed by atoms with Crippen molar-refractivity contribution in [3.63, 3.8) is 0 Å². The molecule has 0 bridgehead atoms. The van der Waals surface area contributed by atoms with Gasteiger partial charge in [0.25, 0.3) is 0 Å². The van der Waals surface area contributed by atoms with E-state index in [1.807, 2.05) is 6.08 Å². The van der Waals surface area contributed by atoms with Crippen molar-refractivity contribution >= 4 is 12.0 Å². The predicted octanol–water partition coefficient (Wildman–Crippen LogP) is 4.17. The molecule has 1 aromatic heterocycles. The first kappa shape index (κ1) is 17.3. The molecule has 4 nitrogen and oxygen atoms in total. The van der Waals surface area contributed by atoms with E-state index in [2.05, 4.69) is 4.98 Å². The summed E-state index contributed by atoms with van der Waals surface area (Å²) in [5.74, 6) is -1.87. The molecule has 7 heteroatoms. The van der Waals surface area contributed by atoms with Crippen LogP contribution in [0.15, 0.2) is 18.3 Å². The number of hydrogen-bond donors (Lipinski definition) is 1. The normalized spacial score (nSPS) is 22.3. The quantitative estimate of drug-likeness (QED) is 0.900. The van der Waals surface area contributed by atoms with Crippen LogP contribution in [-0.4, -0.2) is 29.3 Å². The van der Waals surface area contributed by atoms with E-state index in [9.17, 15) is 18.0 Å². The summed E-state index contributed by atoms with van der Waals surface area (Å²) in [5, 5.41) is 8.96. The molecule has 0 amide bonds. The first-order valence-electron chi connectivity index (χ1n) is 7.33. The molecule has 1 aliphatic carbocycles. The highest BCUT2D eigenvalue weighted by atomic mass is 19.4. The van der Waals surface area contributed by atoms with Gasteiger partial charge in [0, 0.05) is 5.56 Å². The molecule has 1 heterocycles. The Morgan fingerprint density at radius 2 is 2.00 bits per heavy atom. The van der Waals surface area contributed by atoms with Crippen LogP contribution in [0.4, 0.5) is 13.2 Å². The van der Waals surface area contributed by atoms with E-state index in [-0.39, 0.29) is 24.5 Å². The molecule has 1 fully saturated rings. The van der Waals surface area contributed by atoms with Gasteiger partial charge in [-0.3, -0.25) is 0 Å². The lowest BCUT2D eigenvalue weighted by atomic mass is 9.81. The fourth-order valence-corrected chi connectivity index (χ4v) is 2.75. The Hall–Kier alpha value is -2.05. The summed E-state index contributed by atoms with van der Waals surface area (Å²) in [7, 11) is 1.45. The molecule has 0 aromatic carbocycles. The molecular formula is C16H18F3NO3. The van der Waals surface area contributed by atoms with Gasteiger partial charge in [0.15, 0.2) is 0 Å². The minimum absolute atomic E-state index is 0.0553. The van der Waals surface area contributed by atoms with E-state index in [0.717, 1.165) is 0 Å². The van der Waals surface area contributed by atoms with Crippen LogP contribution in [0.5, 0.6) is 5.75 Å². The Balaban J connectivity index is 2.06. The zero-order valence-corrected chi connectivity index (χ0v) is 12.6. The standard InChI is InChI=1S/C16H18F3NO3/c1-23-14-9-20-13(15(21)22)8-11(14)5-2-10-3-6-12(7-4-10)16(17,18)19/h2,5,8-10,12H,3-4,6-7H2,1H3,(H,21,22). The number of allylic oxidation sites excluding steroid dienone is 1. The van der Waals surface area contributed by atoms with Crippen LogP contribution in [0, 0.1) is 11.8 Å². The summed E-state index contributed by atoms with van der Waals surface area (Å²) >= 11 is 0. The maximum absolute atomic E-state index is 12.6. The number of aromatic nitrogens is 1. The van der Waals surface area contributed by atoms with Crippen molar-refractivity contribution in [3.05, 3.63) is 29.6 Å². The van der Waals surface area contributed by atoms with Gasteiger partial charge in [-0.1, -0.05) is 12.2 Å². The average molecular weight is 329 g/mol. The van der Waals surface area contributed by atoms with Gasteiger partial charge in [-0.2, -0.15) is 13.2 Å². The molecule has 126 valence electrons. The molecule has 0 atom stereocenters. The lowest BCUT2D eigenvalue weighted by Gasteiger charge is -2.28. The molecule has 0 aliphatic heterocycles. The largest absolute Gasteiger partial charge is 0.495 e. The molecule has 23 heavy (non-hydrogen) atoms. The van der Waals surface area contributed by atoms with Crippen molar-refractivity contribution < 1.29 is 27.8 Å². The highest BCUT2D eigenvalue weighted by Crippen LogP contribution is 2.40. The highest BCUT2D eigenvalue weighted by Gasteiger charge is 2.40. The summed E-state index contributed by atoms with van der Waals surface area (Å²) in [6, 6.07) is 1.39. The molecule has 0 saturated heterocycles. The van der Waals surface area contributed by atoms with Crippen molar-refractivity contribution in [3.8, 4) is 5.75 Å². The number of nitrogens with zero attached hydrogens (tertiary/aromatic N) is 1. The van der Waals surface area contributed by atoms with E-state index in [1.54, 1.807) is 6.08 Å². The third-order valence-corrected chi connectivity index (χ3v) is 4.12. The molecule has 1 saturated carbocycles. The summed E-state index contributed by atoms with van der Waals surface area (Å²) in [6.07, 6.45) is 1.95. The van der Waals surface area contributed by atoms with E-state index >= 15 is 0 Å². The molecule has 1 aliphatic rings. The number of carbonyl (C=O) groups is 1. The molecular weight excluding hydrogens is 311 g/mol. The number of aromatic carboxylic acids is 1.